The van der Waals surface area contributed by atoms with Crippen molar-refractivity contribution in [2.45, 2.75) is 19.8 Å². The van der Waals surface area contributed by atoms with Crippen molar-refractivity contribution in [3.05, 3.63) is 36.5 Å². The summed E-state index contributed by atoms with van der Waals surface area (Å²) in [5, 5.41) is 5.86. The molecule has 0 aliphatic carbocycles. The van der Waals surface area contributed by atoms with Gasteiger partial charge in [-0.05, 0) is 30.3 Å². The van der Waals surface area contributed by atoms with Crippen molar-refractivity contribution < 1.29 is 0 Å². The summed E-state index contributed by atoms with van der Waals surface area (Å²) in [6.07, 6.45) is 4.07. The molecule has 0 bridgehead atoms. The zero-order valence-electron chi connectivity index (χ0n) is 10.9. The number of rotatable bonds is 6. The van der Waals surface area contributed by atoms with Crippen molar-refractivity contribution in [3.8, 4) is 0 Å². The largest absolute Gasteiger partial charge is 0.369 e. The van der Waals surface area contributed by atoms with Gasteiger partial charge in [0.25, 0.3) is 0 Å². The standard InChI is InChI=1S/C15H21N3/c1-2-12(7-9-16)11-18-15-14-6-4-3-5-13(14)8-10-17-15/h3-6,8,10,12H,2,7,9,11,16H2,1H3,(H,17,18). The van der Waals surface area contributed by atoms with Crippen molar-refractivity contribution >= 4 is 16.6 Å². The van der Waals surface area contributed by atoms with Crippen molar-refractivity contribution in [2.24, 2.45) is 11.7 Å². The first-order valence-corrected chi connectivity index (χ1v) is 6.62. The Morgan fingerprint density at radius 1 is 1.28 bits per heavy atom. The van der Waals surface area contributed by atoms with E-state index < -0.39 is 0 Å². The summed E-state index contributed by atoms with van der Waals surface area (Å²) in [6, 6.07) is 10.4. The minimum atomic E-state index is 0.621. The van der Waals surface area contributed by atoms with Gasteiger partial charge < -0.3 is 11.1 Å². The van der Waals surface area contributed by atoms with Gasteiger partial charge in [-0.2, -0.15) is 0 Å². The molecule has 1 aromatic heterocycles. The Balaban J connectivity index is 2.11. The molecule has 0 aliphatic heterocycles. The fourth-order valence-corrected chi connectivity index (χ4v) is 2.19. The number of nitrogens with two attached hydrogens (primary N) is 1. The Kier molecular flexibility index (Phi) is 4.53. The van der Waals surface area contributed by atoms with Gasteiger partial charge in [0, 0.05) is 18.1 Å². The lowest BCUT2D eigenvalue weighted by Gasteiger charge is -2.16. The topological polar surface area (TPSA) is 50.9 Å². The van der Waals surface area contributed by atoms with E-state index in [1.165, 1.54) is 10.8 Å². The van der Waals surface area contributed by atoms with Crippen molar-refractivity contribution in [2.75, 3.05) is 18.4 Å². The second-order valence-electron chi connectivity index (χ2n) is 4.61. The molecule has 3 nitrogen and oxygen atoms in total. The Labute approximate surface area is 108 Å². The third kappa shape index (κ3) is 2.99. The zero-order chi connectivity index (χ0) is 12.8. The minimum absolute atomic E-state index is 0.621. The Morgan fingerprint density at radius 2 is 2.11 bits per heavy atom. The number of hydrogen-bond donors (Lipinski definition) is 2. The van der Waals surface area contributed by atoms with E-state index in [0.717, 1.165) is 31.7 Å². The van der Waals surface area contributed by atoms with Gasteiger partial charge in [-0.25, -0.2) is 4.98 Å². The maximum Gasteiger partial charge on any atom is 0.133 e. The third-order valence-electron chi connectivity index (χ3n) is 3.38. The number of nitrogens with zero attached hydrogens (tertiary/aromatic N) is 1. The summed E-state index contributed by atoms with van der Waals surface area (Å²) in [5.74, 6) is 1.60. The number of hydrogen-bond acceptors (Lipinski definition) is 3. The van der Waals surface area contributed by atoms with Crippen molar-refractivity contribution in [1.29, 1.82) is 0 Å². The highest BCUT2D eigenvalue weighted by Crippen LogP contribution is 2.21. The number of benzene rings is 1. The quantitative estimate of drug-likeness (QED) is 0.820. The molecule has 0 radical (unpaired) electrons. The molecular weight excluding hydrogens is 222 g/mol. The number of anilines is 1. The minimum Gasteiger partial charge on any atom is -0.369 e. The molecule has 2 rings (SSSR count). The molecule has 96 valence electrons. The molecule has 3 heteroatoms. The Hall–Kier alpha value is -1.61. The fraction of sp³-hybridized carbons (Fsp3) is 0.400. The molecule has 1 heterocycles. The second kappa shape index (κ2) is 6.36. The summed E-state index contributed by atoms with van der Waals surface area (Å²) in [5.41, 5.74) is 5.62. The van der Waals surface area contributed by atoms with Gasteiger partial charge >= 0.3 is 0 Å². The Bertz CT molecular complexity index is 491. The summed E-state index contributed by atoms with van der Waals surface area (Å²) in [4.78, 5) is 4.43. The van der Waals surface area contributed by atoms with Crippen LogP contribution in [-0.2, 0) is 0 Å². The van der Waals surface area contributed by atoms with Gasteiger partial charge in [0.05, 0.1) is 0 Å². The molecule has 0 aliphatic rings. The smallest absolute Gasteiger partial charge is 0.133 e. The van der Waals surface area contributed by atoms with E-state index in [1.807, 2.05) is 18.3 Å². The molecule has 2 aromatic rings. The highest BCUT2D eigenvalue weighted by atomic mass is 15.0. The molecule has 0 amide bonds. The van der Waals surface area contributed by atoms with Crippen LogP contribution in [0.5, 0.6) is 0 Å². The normalized spacial score (nSPS) is 12.6. The van der Waals surface area contributed by atoms with Crippen LogP contribution < -0.4 is 11.1 Å². The van der Waals surface area contributed by atoms with E-state index in [0.29, 0.717) is 5.92 Å². The van der Waals surface area contributed by atoms with E-state index in [4.69, 9.17) is 5.73 Å². The van der Waals surface area contributed by atoms with Crippen LogP contribution >= 0.6 is 0 Å². The average molecular weight is 243 g/mol. The molecule has 18 heavy (non-hydrogen) atoms. The highest BCUT2D eigenvalue weighted by Gasteiger charge is 2.07. The first-order chi connectivity index (χ1) is 8.85. The van der Waals surface area contributed by atoms with E-state index in [9.17, 15) is 0 Å². The van der Waals surface area contributed by atoms with Crippen LogP contribution in [0, 0.1) is 5.92 Å². The Morgan fingerprint density at radius 3 is 2.89 bits per heavy atom. The second-order valence-corrected chi connectivity index (χ2v) is 4.61. The van der Waals surface area contributed by atoms with Gasteiger partial charge in [-0.3, -0.25) is 0 Å². The summed E-state index contributed by atoms with van der Waals surface area (Å²) in [6.45, 7) is 3.90. The first kappa shape index (κ1) is 12.8. The van der Waals surface area contributed by atoms with Crippen molar-refractivity contribution in [1.82, 2.24) is 4.98 Å². The predicted molar refractivity (Wildman–Crippen MR) is 77.7 cm³/mol. The van der Waals surface area contributed by atoms with Crippen LogP contribution in [0.2, 0.25) is 0 Å². The maximum absolute atomic E-state index is 5.62. The summed E-state index contributed by atoms with van der Waals surface area (Å²) < 4.78 is 0. The predicted octanol–water partition coefficient (Wildman–Crippen LogP) is 3.02. The number of nitrogens with one attached hydrogen (secondary N) is 1. The number of fused-ring (bicyclic) bond motifs is 1. The third-order valence-corrected chi connectivity index (χ3v) is 3.38. The molecular formula is C15H21N3. The molecule has 1 atom stereocenters. The van der Waals surface area contributed by atoms with Crippen LogP contribution in [0.3, 0.4) is 0 Å². The maximum atomic E-state index is 5.62. The SMILES string of the molecule is CCC(CCN)CNc1nccc2ccccc12. The van der Waals surface area contributed by atoms with Gasteiger partial charge in [0.1, 0.15) is 5.82 Å². The van der Waals surface area contributed by atoms with Crippen LogP contribution in [0.25, 0.3) is 10.8 Å². The van der Waals surface area contributed by atoms with E-state index in [2.05, 4.69) is 35.4 Å². The molecule has 0 saturated carbocycles. The van der Waals surface area contributed by atoms with Gasteiger partial charge in [0.15, 0.2) is 0 Å². The summed E-state index contributed by atoms with van der Waals surface area (Å²) in [7, 11) is 0. The van der Waals surface area contributed by atoms with E-state index in [-0.39, 0.29) is 0 Å². The van der Waals surface area contributed by atoms with Crippen LogP contribution in [0.1, 0.15) is 19.8 Å². The number of pyridine rings is 1. The lowest BCUT2D eigenvalue weighted by Crippen LogP contribution is -2.17. The molecule has 1 unspecified atom stereocenters. The lowest BCUT2D eigenvalue weighted by atomic mass is 10.0. The van der Waals surface area contributed by atoms with Gasteiger partial charge in [-0.1, -0.05) is 37.6 Å². The lowest BCUT2D eigenvalue weighted by molar-refractivity contribution is 0.501. The molecule has 0 saturated heterocycles. The zero-order valence-corrected chi connectivity index (χ0v) is 10.9. The van der Waals surface area contributed by atoms with E-state index >= 15 is 0 Å². The van der Waals surface area contributed by atoms with Crippen molar-refractivity contribution in [3.63, 3.8) is 0 Å². The molecule has 1 aromatic carbocycles. The highest BCUT2D eigenvalue weighted by molar-refractivity contribution is 5.91. The fourth-order valence-electron chi connectivity index (χ4n) is 2.19. The number of aromatic nitrogens is 1. The average Bonchev–Trinajstić information content (AvgIpc) is 2.43. The molecule has 0 spiro atoms. The molecule has 0 fully saturated rings. The van der Waals surface area contributed by atoms with Gasteiger partial charge in [0.2, 0.25) is 0 Å². The van der Waals surface area contributed by atoms with Crippen LogP contribution in [0.4, 0.5) is 5.82 Å². The van der Waals surface area contributed by atoms with Crippen LogP contribution in [-0.4, -0.2) is 18.1 Å². The summed E-state index contributed by atoms with van der Waals surface area (Å²) >= 11 is 0. The first-order valence-electron chi connectivity index (χ1n) is 6.62. The van der Waals surface area contributed by atoms with E-state index in [1.54, 1.807) is 0 Å². The van der Waals surface area contributed by atoms with Gasteiger partial charge in [-0.15, -0.1) is 0 Å². The molecule has 3 N–H and O–H groups in total. The van der Waals surface area contributed by atoms with Crippen LogP contribution in [0.15, 0.2) is 36.5 Å². The monoisotopic (exact) mass is 243 g/mol.